The van der Waals surface area contributed by atoms with Crippen molar-refractivity contribution in [3.8, 4) is 11.4 Å². The fraction of sp³-hybridized carbons (Fsp3) is 0.391. The molecule has 0 spiro atoms. The van der Waals surface area contributed by atoms with E-state index in [2.05, 4.69) is 30.6 Å². The lowest BCUT2D eigenvalue weighted by atomic mass is 9.93. The third kappa shape index (κ3) is 5.03. The number of nitrogens with one attached hydrogen (secondary N) is 1. The first-order chi connectivity index (χ1) is 17.0. The van der Waals surface area contributed by atoms with E-state index in [0.717, 1.165) is 43.4 Å². The molecule has 1 amide bonds. The molecule has 0 aromatic carbocycles. The van der Waals surface area contributed by atoms with Gasteiger partial charge in [-0.05, 0) is 44.7 Å². The zero-order valence-electron chi connectivity index (χ0n) is 18.9. The molecule has 2 aliphatic rings. The van der Waals surface area contributed by atoms with Crippen molar-refractivity contribution >= 4 is 28.5 Å². The molecule has 1 aliphatic carbocycles. The van der Waals surface area contributed by atoms with Crippen LogP contribution in [0.4, 0.5) is 14.5 Å². The number of carbonyl (C=O) groups is 1. The highest BCUT2D eigenvalue weighted by atomic mass is 32.1. The van der Waals surface area contributed by atoms with Gasteiger partial charge in [0, 0.05) is 23.8 Å². The fourth-order valence-corrected chi connectivity index (χ4v) is 5.05. The van der Waals surface area contributed by atoms with E-state index in [4.69, 9.17) is 4.74 Å². The number of ether oxygens (including phenoxy) is 1. The smallest absolute Gasteiger partial charge is 0.275 e. The maximum Gasteiger partial charge on any atom is 0.275 e. The summed E-state index contributed by atoms with van der Waals surface area (Å²) in [7, 11) is 0. The molecule has 1 N–H and O–H groups in total. The molecule has 182 valence electrons. The summed E-state index contributed by atoms with van der Waals surface area (Å²) in [5.74, 6) is -2.06. The van der Waals surface area contributed by atoms with Crippen LogP contribution >= 0.6 is 11.3 Å². The second-order valence-electron chi connectivity index (χ2n) is 8.28. The van der Waals surface area contributed by atoms with Crippen LogP contribution in [0.2, 0.25) is 0 Å². The fourth-order valence-electron chi connectivity index (χ4n) is 4.24. The molecule has 4 heterocycles. The number of aromatic nitrogens is 4. The van der Waals surface area contributed by atoms with Crippen LogP contribution in [-0.2, 0) is 4.74 Å². The van der Waals surface area contributed by atoms with Gasteiger partial charge >= 0.3 is 0 Å². The van der Waals surface area contributed by atoms with Crippen LogP contribution in [0.5, 0.6) is 0 Å². The number of thiazole rings is 1. The van der Waals surface area contributed by atoms with Crippen LogP contribution in [-0.4, -0.2) is 44.9 Å². The molecule has 1 saturated carbocycles. The number of hydrogen-bond acceptors (Lipinski definition) is 8. The highest BCUT2D eigenvalue weighted by molar-refractivity contribution is 7.11. The standard InChI is InChI=1S/C23H23F2N7O2S/c1-2-34-15-5-3-14(4-6-15)32-11-17(21(31-32)20-16(24)7-8-19(25)30-20)28-22(33)18-12-35-23(29-18)13-9-26-27-10-13/h7-9,11-12,14-15H,2-6,10H2,1H3,(H,28,33). The molecule has 0 bridgehead atoms. The molecule has 35 heavy (non-hydrogen) atoms. The van der Waals surface area contributed by atoms with Crippen molar-refractivity contribution in [2.24, 2.45) is 10.2 Å². The number of azo groups is 1. The number of pyridine rings is 1. The van der Waals surface area contributed by atoms with E-state index in [0.29, 0.717) is 18.2 Å². The first kappa shape index (κ1) is 23.4. The van der Waals surface area contributed by atoms with Gasteiger partial charge in [-0.3, -0.25) is 9.48 Å². The van der Waals surface area contributed by atoms with E-state index in [1.165, 1.54) is 11.3 Å². The summed E-state index contributed by atoms with van der Waals surface area (Å²) in [6.07, 6.45) is 6.85. The minimum Gasteiger partial charge on any atom is -0.379 e. The number of carbonyl (C=O) groups excluding carboxylic acids is 1. The summed E-state index contributed by atoms with van der Waals surface area (Å²) in [6, 6.07) is 1.98. The van der Waals surface area contributed by atoms with E-state index in [-0.39, 0.29) is 34.9 Å². The van der Waals surface area contributed by atoms with Crippen molar-refractivity contribution in [2.45, 2.75) is 44.8 Å². The largest absolute Gasteiger partial charge is 0.379 e. The number of hydrogen-bond donors (Lipinski definition) is 1. The van der Waals surface area contributed by atoms with Crippen LogP contribution in [0.1, 0.15) is 54.1 Å². The van der Waals surface area contributed by atoms with Gasteiger partial charge < -0.3 is 10.1 Å². The van der Waals surface area contributed by atoms with Gasteiger partial charge in [0.2, 0.25) is 5.95 Å². The lowest BCUT2D eigenvalue weighted by Gasteiger charge is -2.28. The molecule has 0 unspecified atom stereocenters. The summed E-state index contributed by atoms with van der Waals surface area (Å²) in [5, 5.41) is 17.3. The first-order valence-corrected chi connectivity index (χ1v) is 12.3. The lowest BCUT2D eigenvalue weighted by molar-refractivity contribution is 0.0260. The SMILES string of the molecule is CCOC1CCC(n2cc(NC(=O)c3csc(C4=CN=NC4)n3)c(-c3nc(F)ccc3F)n2)CC1. The number of halogens is 2. The van der Waals surface area contributed by atoms with Crippen LogP contribution in [0.15, 0.2) is 40.1 Å². The minimum atomic E-state index is -0.838. The van der Waals surface area contributed by atoms with Crippen molar-refractivity contribution in [3.63, 3.8) is 0 Å². The second kappa shape index (κ2) is 10.1. The maximum atomic E-state index is 14.6. The first-order valence-electron chi connectivity index (χ1n) is 11.4. The summed E-state index contributed by atoms with van der Waals surface area (Å²) in [5.41, 5.74) is 1.06. The molecular formula is C23H23F2N7O2S. The Morgan fingerprint density at radius 1 is 1.20 bits per heavy atom. The average molecular weight is 500 g/mol. The summed E-state index contributed by atoms with van der Waals surface area (Å²) in [6.45, 7) is 3.06. The summed E-state index contributed by atoms with van der Waals surface area (Å²) in [4.78, 5) is 21.1. The summed E-state index contributed by atoms with van der Waals surface area (Å²) < 4.78 is 35.9. The van der Waals surface area contributed by atoms with Crippen LogP contribution in [0.25, 0.3) is 17.0 Å². The molecule has 0 saturated heterocycles. The highest BCUT2D eigenvalue weighted by Crippen LogP contribution is 2.34. The predicted molar refractivity (Wildman–Crippen MR) is 126 cm³/mol. The topological polar surface area (TPSA) is 107 Å². The predicted octanol–water partition coefficient (Wildman–Crippen LogP) is 5.26. The minimum absolute atomic E-state index is 0.0420. The molecular weight excluding hydrogens is 476 g/mol. The Kier molecular flexibility index (Phi) is 6.73. The van der Waals surface area contributed by atoms with Gasteiger partial charge in [0.25, 0.3) is 5.91 Å². The molecule has 9 nitrogen and oxygen atoms in total. The Morgan fingerprint density at radius 2 is 2.03 bits per heavy atom. The Morgan fingerprint density at radius 3 is 2.77 bits per heavy atom. The molecule has 1 aliphatic heterocycles. The monoisotopic (exact) mass is 499 g/mol. The van der Waals surface area contributed by atoms with Crippen LogP contribution in [0, 0.1) is 11.8 Å². The summed E-state index contributed by atoms with van der Waals surface area (Å²) >= 11 is 1.31. The Labute approximate surface area is 204 Å². The Bertz CT molecular complexity index is 1290. The third-order valence-corrected chi connectivity index (χ3v) is 6.90. The molecule has 0 radical (unpaired) electrons. The zero-order chi connectivity index (χ0) is 24.4. The zero-order valence-corrected chi connectivity index (χ0v) is 19.8. The van der Waals surface area contributed by atoms with Gasteiger partial charge in [-0.15, -0.1) is 11.3 Å². The molecule has 5 rings (SSSR count). The quantitative estimate of drug-likeness (QED) is 0.447. The number of anilines is 1. The van der Waals surface area contributed by atoms with E-state index in [1.54, 1.807) is 22.5 Å². The van der Waals surface area contributed by atoms with Gasteiger partial charge in [0.05, 0.1) is 30.6 Å². The molecule has 3 aromatic rings. The molecule has 3 aromatic heterocycles. The third-order valence-electron chi connectivity index (χ3n) is 5.98. The van der Waals surface area contributed by atoms with Crippen LogP contribution < -0.4 is 5.32 Å². The van der Waals surface area contributed by atoms with E-state index in [9.17, 15) is 13.6 Å². The van der Waals surface area contributed by atoms with Crippen molar-refractivity contribution in [1.82, 2.24) is 19.7 Å². The van der Waals surface area contributed by atoms with E-state index >= 15 is 0 Å². The Balaban J connectivity index is 1.42. The van der Waals surface area contributed by atoms with Crippen molar-refractivity contribution in [1.29, 1.82) is 0 Å². The lowest BCUT2D eigenvalue weighted by Crippen LogP contribution is -2.24. The molecule has 12 heteroatoms. The average Bonchev–Trinajstić information content (AvgIpc) is 3.62. The maximum absolute atomic E-state index is 14.6. The molecule has 1 fully saturated rings. The van der Waals surface area contributed by atoms with Gasteiger partial charge in [0.15, 0.2) is 5.82 Å². The van der Waals surface area contributed by atoms with Gasteiger partial charge in [-0.1, -0.05) is 0 Å². The number of nitrogens with zero attached hydrogens (tertiary/aromatic N) is 6. The van der Waals surface area contributed by atoms with Gasteiger partial charge in [-0.25, -0.2) is 14.4 Å². The second-order valence-corrected chi connectivity index (χ2v) is 9.14. The number of amides is 1. The van der Waals surface area contributed by atoms with Crippen molar-refractivity contribution in [2.75, 3.05) is 18.5 Å². The van der Waals surface area contributed by atoms with Gasteiger partial charge in [0.1, 0.15) is 22.1 Å². The molecule has 0 atom stereocenters. The van der Waals surface area contributed by atoms with Crippen molar-refractivity contribution in [3.05, 3.63) is 52.4 Å². The van der Waals surface area contributed by atoms with Crippen LogP contribution in [0.3, 0.4) is 0 Å². The Hall–Kier alpha value is -3.38. The van der Waals surface area contributed by atoms with Gasteiger partial charge in [-0.2, -0.15) is 19.7 Å². The van der Waals surface area contributed by atoms with E-state index < -0.39 is 17.7 Å². The number of rotatable bonds is 7. The highest BCUT2D eigenvalue weighted by Gasteiger charge is 2.27. The van der Waals surface area contributed by atoms with Crippen molar-refractivity contribution < 1.29 is 18.3 Å². The van der Waals surface area contributed by atoms with E-state index in [1.807, 2.05) is 6.92 Å². The normalized spacial score (nSPS) is 19.7.